The molecule has 2 aromatic rings. The number of anilines is 2. The highest BCUT2D eigenvalue weighted by Gasteiger charge is 2.27. The Morgan fingerprint density at radius 2 is 1.78 bits per heavy atom. The predicted octanol–water partition coefficient (Wildman–Crippen LogP) is 3.26. The van der Waals surface area contributed by atoms with Crippen LogP contribution in [0.5, 0.6) is 11.5 Å². The Kier molecular flexibility index (Phi) is 5.66. The highest BCUT2D eigenvalue weighted by Crippen LogP contribution is 2.40. The second kappa shape index (κ2) is 8.14. The van der Waals surface area contributed by atoms with E-state index >= 15 is 0 Å². The van der Waals surface area contributed by atoms with Gasteiger partial charge in [0.1, 0.15) is 0 Å². The van der Waals surface area contributed by atoms with Crippen molar-refractivity contribution in [2.24, 2.45) is 0 Å². The van der Waals surface area contributed by atoms with Gasteiger partial charge in [-0.25, -0.2) is 0 Å². The normalized spacial score (nSPS) is 15.3. The van der Waals surface area contributed by atoms with Crippen LogP contribution < -0.4 is 25.4 Å². The zero-order valence-electron chi connectivity index (χ0n) is 16.1. The summed E-state index contributed by atoms with van der Waals surface area (Å²) in [7, 11) is 5.08. The van der Waals surface area contributed by atoms with E-state index in [4.69, 9.17) is 9.47 Å². The first-order valence-corrected chi connectivity index (χ1v) is 8.85. The van der Waals surface area contributed by atoms with Crippen LogP contribution >= 0.6 is 0 Å². The quantitative estimate of drug-likeness (QED) is 0.655. The third-order valence-corrected chi connectivity index (χ3v) is 4.45. The van der Waals surface area contributed by atoms with Crippen LogP contribution in [0.4, 0.5) is 11.4 Å². The van der Waals surface area contributed by atoms with Crippen LogP contribution in [0.1, 0.15) is 18.1 Å². The van der Waals surface area contributed by atoms with Gasteiger partial charge >= 0.3 is 0 Å². The minimum atomic E-state index is -0.127. The van der Waals surface area contributed by atoms with E-state index in [0.29, 0.717) is 17.1 Å². The number of methoxy groups -OCH3 is 2. The Hall–Kier alpha value is -2.99. The van der Waals surface area contributed by atoms with Crippen molar-refractivity contribution in [1.29, 1.82) is 0 Å². The lowest BCUT2D eigenvalue weighted by Crippen LogP contribution is -2.14. The molecule has 2 aromatic carbocycles. The van der Waals surface area contributed by atoms with E-state index in [1.807, 2.05) is 38.2 Å². The zero-order chi connectivity index (χ0) is 19.4. The van der Waals surface area contributed by atoms with Crippen LogP contribution in [0.15, 0.2) is 42.5 Å². The lowest BCUT2D eigenvalue weighted by atomic mass is 10.0. The number of amides is 1. The van der Waals surface area contributed by atoms with Gasteiger partial charge in [-0.3, -0.25) is 4.79 Å². The Balaban J connectivity index is 1.81. The third-order valence-electron chi connectivity index (χ3n) is 4.45. The summed E-state index contributed by atoms with van der Waals surface area (Å²) in [5, 5.41) is 9.43. The van der Waals surface area contributed by atoms with E-state index in [2.05, 4.69) is 28.1 Å². The summed E-state index contributed by atoms with van der Waals surface area (Å²) in [6, 6.07) is 11.8. The Labute approximate surface area is 159 Å². The number of fused-ring (bicyclic) bond motifs is 1. The van der Waals surface area contributed by atoms with E-state index in [0.717, 1.165) is 23.5 Å². The molecule has 1 aliphatic heterocycles. The lowest BCUT2D eigenvalue weighted by molar-refractivity contribution is -0.110. The summed E-state index contributed by atoms with van der Waals surface area (Å²) >= 11 is 0. The molecule has 3 N–H and O–H groups in total. The molecule has 27 heavy (non-hydrogen) atoms. The molecular formula is C21H25N3O3. The molecular weight excluding hydrogens is 342 g/mol. The van der Waals surface area contributed by atoms with Crippen molar-refractivity contribution in [3.05, 3.63) is 53.6 Å². The predicted molar refractivity (Wildman–Crippen MR) is 108 cm³/mol. The molecule has 1 heterocycles. The fourth-order valence-electron chi connectivity index (χ4n) is 3.16. The summed E-state index contributed by atoms with van der Waals surface area (Å²) in [6.45, 7) is 2.85. The summed E-state index contributed by atoms with van der Waals surface area (Å²) in [5.74, 6) is 1.06. The number of ether oxygens (including phenoxy) is 2. The van der Waals surface area contributed by atoms with Crippen molar-refractivity contribution in [1.82, 2.24) is 5.32 Å². The largest absolute Gasteiger partial charge is 0.493 e. The van der Waals surface area contributed by atoms with Crippen molar-refractivity contribution in [3.8, 4) is 11.5 Å². The average Bonchev–Trinajstić information content (AvgIpc) is 2.96. The number of hydrogen-bond acceptors (Lipinski definition) is 5. The van der Waals surface area contributed by atoms with Crippen LogP contribution in [0.2, 0.25) is 0 Å². The van der Waals surface area contributed by atoms with E-state index in [1.165, 1.54) is 5.56 Å². The van der Waals surface area contributed by atoms with Gasteiger partial charge in [0.05, 0.1) is 19.9 Å². The van der Waals surface area contributed by atoms with Gasteiger partial charge in [0.15, 0.2) is 11.5 Å². The van der Waals surface area contributed by atoms with Gasteiger partial charge in [-0.15, -0.1) is 0 Å². The summed E-state index contributed by atoms with van der Waals surface area (Å²) < 4.78 is 10.7. The summed E-state index contributed by atoms with van der Waals surface area (Å²) in [4.78, 5) is 12.4. The Morgan fingerprint density at radius 3 is 2.41 bits per heavy atom. The van der Waals surface area contributed by atoms with Gasteiger partial charge in [0.2, 0.25) is 0 Å². The van der Waals surface area contributed by atoms with E-state index in [9.17, 15) is 4.79 Å². The molecule has 1 aliphatic rings. The maximum absolute atomic E-state index is 12.4. The Bertz CT molecular complexity index is 860. The van der Waals surface area contributed by atoms with Crippen molar-refractivity contribution >= 4 is 22.9 Å². The van der Waals surface area contributed by atoms with Crippen LogP contribution in [-0.4, -0.2) is 33.2 Å². The lowest BCUT2D eigenvalue weighted by Gasteiger charge is -2.13. The molecule has 142 valence electrons. The molecule has 0 aliphatic carbocycles. The minimum Gasteiger partial charge on any atom is -0.493 e. The van der Waals surface area contributed by atoms with Crippen LogP contribution in [0.3, 0.4) is 0 Å². The van der Waals surface area contributed by atoms with Gasteiger partial charge in [-0.05, 0) is 43.8 Å². The third kappa shape index (κ3) is 4.06. The van der Waals surface area contributed by atoms with Crippen LogP contribution in [0.25, 0.3) is 5.57 Å². The fraction of sp³-hybridized carbons (Fsp3) is 0.286. The number of carbonyl (C=O) groups excluding carboxylic acids is 1. The molecule has 0 saturated carbocycles. The molecule has 0 aromatic heterocycles. The Morgan fingerprint density at radius 1 is 1.11 bits per heavy atom. The van der Waals surface area contributed by atoms with Crippen LogP contribution in [-0.2, 0) is 11.3 Å². The molecule has 0 saturated heterocycles. The number of carbonyl (C=O) groups is 1. The van der Waals surface area contributed by atoms with Crippen molar-refractivity contribution in [2.45, 2.75) is 19.5 Å². The molecule has 0 spiro atoms. The van der Waals surface area contributed by atoms with Crippen molar-refractivity contribution in [2.75, 3.05) is 31.9 Å². The summed E-state index contributed by atoms with van der Waals surface area (Å²) in [5.41, 5.74) is 4.39. The minimum absolute atomic E-state index is 0.0278. The topological polar surface area (TPSA) is 71.6 Å². The van der Waals surface area contributed by atoms with Crippen molar-refractivity contribution < 1.29 is 14.3 Å². The smallest absolute Gasteiger partial charge is 0.256 e. The molecule has 0 fully saturated rings. The maximum atomic E-state index is 12.4. The van der Waals surface area contributed by atoms with Gasteiger partial charge in [0.25, 0.3) is 5.91 Å². The number of benzene rings is 2. The first kappa shape index (κ1) is 18.8. The molecule has 0 radical (unpaired) electrons. The standard InChI is InChI=1S/C21H25N3O3/c1-13(23-15-7-5-14(6-8-15)12-22-2)9-17-16-10-19(26-3)20(27-4)11-18(16)24-21(17)25/h5-11,13,22-23H,12H2,1-4H3,(H,24,25). The molecule has 6 nitrogen and oxygen atoms in total. The first-order valence-electron chi connectivity index (χ1n) is 8.85. The number of hydrogen-bond donors (Lipinski definition) is 3. The summed E-state index contributed by atoms with van der Waals surface area (Å²) in [6.07, 6.45) is 1.93. The molecule has 1 unspecified atom stereocenters. The molecule has 1 amide bonds. The van der Waals surface area contributed by atoms with E-state index < -0.39 is 0 Å². The second-order valence-electron chi connectivity index (χ2n) is 6.45. The second-order valence-corrected chi connectivity index (χ2v) is 6.45. The van der Waals surface area contributed by atoms with Crippen LogP contribution in [0, 0.1) is 0 Å². The van der Waals surface area contributed by atoms with Gasteiger partial charge in [-0.1, -0.05) is 12.1 Å². The molecule has 1 atom stereocenters. The maximum Gasteiger partial charge on any atom is 0.256 e. The van der Waals surface area contributed by atoms with Crippen molar-refractivity contribution in [3.63, 3.8) is 0 Å². The van der Waals surface area contributed by atoms with Gasteiger partial charge in [-0.2, -0.15) is 0 Å². The molecule has 3 rings (SSSR count). The zero-order valence-corrected chi connectivity index (χ0v) is 16.1. The van der Waals surface area contributed by atoms with Gasteiger partial charge in [0, 0.05) is 35.5 Å². The number of rotatable bonds is 7. The van der Waals surface area contributed by atoms with E-state index in [1.54, 1.807) is 20.3 Å². The van der Waals surface area contributed by atoms with Gasteiger partial charge < -0.3 is 25.4 Å². The highest BCUT2D eigenvalue weighted by atomic mass is 16.5. The molecule has 6 heteroatoms. The van der Waals surface area contributed by atoms with E-state index in [-0.39, 0.29) is 11.9 Å². The SMILES string of the molecule is CNCc1ccc(NC(C)C=C2C(=O)Nc3cc(OC)c(OC)cc32)cc1. The average molecular weight is 367 g/mol. The monoisotopic (exact) mass is 367 g/mol. The number of nitrogens with one attached hydrogen (secondary N) is 3. The first-order chi connectivity index (χ1) is 13.0. The molecule has 0 bridgehead atoms. The fourth-order valence-corrected chi connectivity index (χ4v) is 3.16. The highest BCUT2D eigenvalue weighted by molar-refractivity contribution is 6.31.